The van der Waals surface area contributed by atoms with Crippen molar-refractivity contribution in [3.63, 3.8) is 0 Å². The van der Waals surface area contributed by atoms with Gasteiger partial charge in [-0.2, -0.15) is 0 Å². The Balaban J connectivity index is 3.25. The minimum Gasteiger partial charge on any atom is -0.0776 e. The lowest BCUT2D eigenvalue weighted by molar-refractivity contribution is 1.37. The first kappa shape index (κ1) is 7.51. The summed E-state index contributed by atoms with van der Waals surface area (Å²) in [5, 5.41) is 0. The van der Waals surface area contributed by atoms with E-state index >= 15 is 0 Å². The lowest BCUT2D eigenvalue weighted by Gasteiger charge is -1.95. The molecule has 0 aromatic heterocycles. The van der Waals surface area contributed by atoms with Crippen molar-refractivity contribution < 1.29 is 0 Å². The van der Waals surface area contributed by atoms with Crippen molar-refractivity contribution in [2.24, 2.45) is 0 Å². The van der Waals surface area contributed by atoms with E-state index in [9.17, 15) is 0 Å². The summed E-state index contributed by atoms with van der Waals surface area (Å²) in [6, 6.07) is 5.78. The molecule has 0 fully saturated rings. The molecule has 0 saturated carbocycles. The van der Waals surface area contributed by atoms with E-state index in [0.717, 1.165) is 13.8 Å². The van der Waals surface area contributed by atoms with Crippen LogP contribution in [0.15, 0.2) is 32.0 Å². The van der Waals surface area contributed by atoms with Gasteiger partial charge in [-0.1, -0.05) is 18.7 Å². The van der Waals surface area contributed by atoms with Crippen LogP contribution in [0.5, 0.6) is 0 Å². The van der Waals surface area contributed by atoms with Gasteiger partial charge in [-0.05, 0) is 44.0 Å². The number of halogens is 2. The normalized spacial score (nSPS) is 9.56. The average Bonchev–Trinajstić information content (AvgIpc) is 1.83. The van der Waals surface area contributed by atoms with E-state index in [2.05, 4.69) is 31.9 Å². The lowest BCUT2D eigenvalue weighted by Crippen LogP contribution is -1.70. The maximum absolute atomic E-state index is 5.00. The fourth-order valence-electron chi connectivity index (χ4n) is 0.483. The zero-order valence-electron chi connectivity index (χ0n) is 4.40. The number of benzene rings is 1. The van der Waals surface area contributed by atoms with Crippen LogP contribution in [0.2, 0.25) is 0 Å². The monoisotopic (exact) mass is 265 g/mol. The third kappa shape index (κ3) is 1.66. The third-order valence-corrected chi connectivity index (χ3v) is 3.21. The zero-order chi connectivity index (χ0) is 6.85. The lowest BCUT2D eigenvalue weighted by atomic mass is 10.4. The van der Waals surface area contributed by atoms with Crippen LogP contribution in [-0.4, -0.2) is 0 Å². The molecule has 0 aliphatic heterocycles. The van der Waals surface area contributed by atoms with Gasteiger partial charge >= 0.3 is 0 Å². The third-order valence-electron chi connectivity index (χ3n) is 0.919. The van der Waals surface area contributed by atoms with E-state index in [-0.39, 0.29) is 0 Å². The minimum absolute atomic E-state index is 0.831. The van der Waals surface area contributed by atoms with Crippen LogP contribution in [0.25, 0.3) is 0 Å². The molecule has 1 aromatic carbocycles. The summed E-state index contributed by atoms with van der Waals surface area (Å²) >= 11 is 11.6. The Bertz CT molecular complexity index is 202. The standard InChI is InChI=1S/C6H3Br2S/c7-4-2-1-3-5(8)6(4)9/h1-3H. The van der Waals surface area contributed by atoms with Crippen LogP contribution in [0, 0.1) is 0 Å². The quantitative estimate of drug-likeness (QED) is 0.671. The molecule has 0 nitrogen and oxygen atoms in total. The maximum Gasteiger partial charge on any atom is 0.0661 e. The van der Waals surface area contributed by atoms with Crippen molar-refractivity contribution in [3.8, 4) is 0 Å². The Morgan fingerprint density at radius 3 is 1.89 bits per heavy atom. The summed E-state index contributed by atoms with van der Waals surface area (Å²) in [7, 11) is 0. The first-order valence-corrected chi connectivity index (χ1v) is 4.32. The van der Waals surface area contributed by atoms with Crippen LogP contribution in [0.4, 0.5) is 0 Å². The van der Waals surface area contributed by atoms with Gasteiger partial charge in [0.15, 0.2) is 0 Å². The molecule has 3 heteroatoms. The maximum atomic E-state index is 5.00. The summed E-state index contributed by atoms with van der Waals surface area (Å²) in [5.41, 5.74) is 0. The molecule has 0 atom stereocenters. The number of hydrogen-bond acceptors (Lipinski definition) is 0. The highest BCUT2D eigenvalue weighted by Crippen LogP contribution is 2.27. The molecule has 0 unspecified atom stereocenters. The van der Waals surface area contributed by atoms with Crippen LogP contribution in [0.1, 0.15) is 0 Å². The summed E-state index contributed by atoms with van der Waals surface area (Å²) in [5.74, 6) is 0. The summed E-state index contributed by atoms with van der Waals surface area (Å²) in [4.78, 5) is 0.831. The predicted molar refractivity (Wildman–Crippen MR) is 47.7 cm³/mol. The van der Waals surface area contributed by atoms with Crippen LogP contribution in [0.3, 0.4) is 0 Å². The van der Waals surface area contributed by atoms with E-state index in [4.69, 9.17) is 12.6 Å². The van der Waals surface area contributed by atoms with Gasteiger partial charge in [0.05, 0.1) is 4.90 Å². The van der Waals surface area contributed by atoms with Gasteiger partial charge in [-0.15, -0.1) is 0 Å². The van der Waals surface area contributed by atoms with Crippen molar-refractivity contribution in [3.05, 3.63) is 27.1 Å². The molecule has 0 aliphatic carbocycles. The number of rotatable bonds is 0. The second-order valence-electron chi connectivity index (χ2n) is 1.55. The zero-order valence-corrected chi connectivity index (χ0v) is 8.38. The summed E-state index contributed by atoms with van der Waals surface area (Å²) < 4.78 is 1.93. The van der Waals surface area contributed by atoms with Crippen LogP contribution >= 0.6 is 44.5 Å². The van der Waals surface area contributed by atoms with Crippen molar-refractivity contribution in [1.29, 1.82) is 0 Å². The number of hydrogen-bond donors (Lipinski definition) is 0. The molecule has 9 heavy (non-hydrogen) atoms. The van der Waals surface area contributed by atoms with Crippen molar-refractivity contribution in [1.82, 2.24) is 0 Å². The molecular formula is C6H3Br2S. The van der Waals surface area contributed by atoms with Gasteiger partial charge < -0.3 is 0 Å². The van der Waals surface area contributed by atoms with Gasteiger partial charge in [0.25, 0.3) is 0 Å². The molecule has 0 heterocycles. The Morgan fingerprint density at radius 1 is 1.11 bits per heavy atom. The fourth-order valence-corrected chi connectivity index (χ4v) is 1.62. The molecular weight excluding hydrogens is 264 g/mol. The highest BCUT2D eigenvalue weighted by molar-refractivity contribution is 9.11. The molecule has 0 spiro atoms. The van der Waals surface area contributed by atoms with Crippen LogP contribution in [-0.2, 0) is 0 Å². The Kier molecular flexibility index (Phi) is 2.50. The topological polar surface area (TPSA) is 0 Å². The molecule has 1 radical (unpaired) electrons. The van der Waals surface area contributed by atoms with Gasteiger partial charge in [-0.3, -0.25) is 0 Å². The van der Waals surface area contributed by atoms with Gasteiger partial charge in [-0.25, -0.2) is 0 Å². The second kappa shape index (κ2) is 2.99. The van der Waals surface area contributed by atoms with Gasteiger partial charge in [0.1, 0.15) is 0 Å². The minimum atomic E-state index is 0.831. The first-order chi connectivity index (χ1) is 4.22. The second-order valence-corrected chi connectivity index (χ2v) is 3.67. The molecule has 1 rings (SSSR count). The van der Waals surface area contributed by atoms with E-state index in [1.54, 1.807) is 0 Å². The Labute approximate surface area is 76.3 Å². The smallest absolute Gasteiger partial charge is 0.0661 e. The van der Waals surface area contributed by atoms with Crippen molar-refractivity contribution in [2.75, 3.05) is 0 Å². The Hall–Kier alpha value is 0.400. The predicted octanol–water partition coefficient (Wildman–Crippen LogP) is 3.77. The molecule has 0 bridgehead atoms. The highest BCUT2D eigenvalue weighted by atomic mass is 79.9. The highest BCUT2D eigenvalue weighted by Gasteiger charge is 1.97. The van der Waals surface area contributed by atoms with Crippen LogP contribution < -0.4 is 0 Å². The van der Waals surface area contributed by atoms with Crippen molar-refractivity contribution in [2.45, 2.75) is 4.90 Å². The SMILES string of the molecule is [S]c1c(Br)cccc1Br. The van der Waals surface area contributed by atoms with Crippen molar-refractivity contribution >= 4 is 44.5 Å². The summed E-state index contributed by atoms with van der Waals surface area (Å²) in [6.45, 7) is 0. The summed E-state index contributed by atoms with van der Waals surface area (Å²) in [6.07, 6.45) is 0. The molecule has 0 saturated heterocycles. The van der Waals surface area contributed by atoms with E-state index < -0.39 is 0 Å². The Morgan fingerprint density at radius 2 is 1.56 bits per heavy atom. The molecule has 0 aliphatic rings. The van der Waals surface area contributed by atoms with E-state index in [0.29, 0.717) is 0 Å². The molecule has 1 aromatic rings. The average molecular weight is 267 g/mol. The molecule has 0 amide bonds. The van der Waals surface area contributed by atoms with Gasteiger partial charge in [0, 0.05) is 8.95 Å². The first-order valence-electron chi connectivity index (χ1n) is 2.33. The molecule has 47 valence electrons. The van der Waals surface area contributed by atoms with E-state index in [1.807, 2.05) is 18.2 Å². The van der Waals surface area contributed by atoms with Gasteiger partial charge in [0.2, 0.25) is 0 Å². The molecule has 0 N–H and O–H groups in total. The largest absolute Gasteiger partial charge is 0.0776 e. The van der Waals surface area contributed by atoms with E-state index in [1.165, 1.54) is 0 Å². The fraction of sp³-hybridized carbons (Fsp3) is 0.